The quantitative estimate of drug-likeness (QED) is 0.894. The van der Waals surface area contributed by atoms with Gasteiger partial charge in [0.25, 0.3) is 0 Å². The molecule has 96 valence electrons. The summed E-state index contributed by atoms with van der Waals surface area (Å²) < 4.78 is 5.80. The zero-order chi connectivity index (χ0) is 13.3. The highest BCUT2D eigenvalue weighted by molar-refractivity contribution is 6.31. The first kappa shape index (κ1) is 12.9. The van der Waals surface area contributed by atoms with Crippen molar-refractivity contribution in [2.75, 3.05) is 6.54 Å². The lowest BCUT2D eigenvalue weighted by molar-refractivity contribution is -0.119. The molecule has 1 aromatic carbocycles. The fraction of sp³-hybridized carbons (Fsp3) is 0.385. The van der Waals surface area contributed by atoms with Gasteiger partial charge in [-0.2, -0.15) is 0 Å². The van der Waals surface area contributed by atoms with E-state index in [1.165, 1.54) is 6.92 Å². The van der Waals surface area contributed by atoms with Gasteiger partial charge in [-0.05, 0) is 25.1 Å². The Morgan fingerprint density at radius 2 is 2.28 bits per heavy atom. The molecule has 0 saturated heterocycles. The summed E-state index contributed by atoms with van der Waals surface area (Å²) in [6, 6.07) is 4.97. The van der Waals surface area contributed by atoms with Crippen molar-refractivity contribution in [2.45, 2.75) is 25.9 Å². The Hall–Kier alpha value is -1.55. The molecule has 1 N–H and O–H groups in total. The summed E-state index contributed by atoms with van der Waals surface area (Å²) in [5, 5.41) is 3.19. The van der Waals surface area contributed by atoms with E-state index in [4.69, 9.17) is 16.3 Å². The highest BCUT2D eigenvalue weighted by Crippen LogP contribution is 2.34. The van der Waals surface area contributed by atoms with Crippen LogP contribution < -0.4 is 10.1 Å². The van der Waals surface area contributed by atoms with Crippen LogP contribution in [0.2, 0.25) is 5.02 Å². The van der Waals surface area contributed by atoms with Gasteiger partial charge in [0.2, 0.25) is 5.91 Å². The number of rotatable bonds is 2. The van der Waals surface area contributed by atoms with Crippen LogP contribution in [0.4, 0.5) is 0 Å². The Kier molecular flexibility index (Phi) is 3.30. The molecule has 1 aromatic rings. The molecule has 0 bridgehead atoms. The highest BCUT2D eigenvalue weighted by atomic mass is 35.5. The zero-order valence-electron chi connectivity index (χ0n) is 10.2. The third-order valence-electron chi connectivity index (χ3n) is 2.84. The van der Waals surface area contributed by atoms with Gasteiger partial charge in [0.05, 0.1) is 18.5 Å². The summed E-state index contributed by atoms with van der Waals surface area (Å²) in [6.45, 7) is 3.54. The Morgan fingerprint density at radius 1 is 1.56 bits per heavy atom. The number of amides is 1. The number of Topliss-reactive ketones (excluding diaryl/α,β-unsaturated/α-hetero) is 1. The monoisotopic (exact) mass is 267 g/mol. The van der Waals surface area contributed by atoms with Crippen LogP contribution in [-0.2, 0) is 4.79 Å². The number of halogens is 1. The fourth-order valence-electron chi connectivity index (χ4n) is 1.96. The number of ether oxygens (including phenoxy) is 1. The molecule has 1 aliphatic heterocycles. The van der Waals surface area contributed by atoms with Crippen LogP contribution in [0.3, 0.4) is 0 Å². The molecule has 0 saturated carbocycles. The van der Waals surface area contributed by atoms with Crippen molar-refractivity contribution < 1.29 is 14.3 Å². The molecule has 4 nitrogen and oxygen atoms in total. The number of carbonyl (C=O) groups is 2. The van der Waals surface area contributed by atoms with Crippen LogP contribution in [0.5, 0.6) is 5.75 Å². The maximum absolute atomic E-state index is 12.0. The van der Waals surface area contributed by atoms with Crippen LogP contribution in [0.25, 0.3) is 0 Å². The van der Waals surface area contributed by atoms with Crippen LogP contribution in [-0.4, -0.2) is 23.8 Å². The average Bonchev–Trinajstić information content (AvgIpc) is 2.28. The fourth-order valence-corrected chi connectivity index (χ4v) is 2.13. The number of hydrogen-bond acceptors (Lipinski definition) is 3. The predicted molar refractivity (Wildman–Crippen MR) is 68.1 cm³/mol. The van der Waals surface area contributed by atoms with Crippen molar-refractivity contribution in [1.82, 2.24) is 5.32 Å². The van der Waals surface area contributed by atoms with Gasteiger partial charge in [-0.1, -0.05) is 11.6 Å². The molecule has 5 heteroatoms. The zero-order valence-corrected chi connectivity index (χ0v) is 11.0. The largest absolute Gasteiger partial charge is 0.484 e. The van der Waals surface area contributed by atoms with Crippen molar-refractivity contribution in [3.63, 3.8) is 0 Å². The molecule has 18 heavy (non-hydrogen) atoms. The summed E-state index contributed by atoms with van der Waals surface area (Å²) >= 11 is 5.85. The van der Waals surface area contributed by atoms with Gasteiger partial charge in [-0.3, -0.25) is 9.59 Å². The lowest BCUT2D eigenvalue weighted by Crippen LogP contribution is -2.48. The van der Waals surface area contributed by atoms with Gasteiger partial charge in [0, 0.05) is 11.9 Å². The van der Waals surface area contributed by atoms with E-state index < -0.39 is 5.60 Å². The molecule has 1 amide bonds. The second-order valence-electron chi connectivity index (χ2n) is 4.70. The number of nitrogens with one attached hydrogen (secondary N) is 1. The predicted octanol–water partition coefficient (Wildman–Crippen LogP) is 2.20. The van der Waals surface area contributed by atoms with Gasteiger partial charge < -0.3 is 10.1 Å². The van der Waals surface area contributed by atoms with Crippen LogP contribution in [0.1, 0.15) is 30.6 Å². The summed E-state index contributed by atoms with van der Waals surface area (Å²) in [5.41, 5.74) is -0.202. The first-order chi connectivity index (χ1) is 8.39. The number of hydrogen-bond donors (Lipinski definition) is 1. The van der Waals surface area contributed by atoms with E-state index in [-0.39, 0.29) is 18.1 Å². The van der Waals surface area contributed by atoms with E-state index in [1.54, 1.807) is 25.1 Å². The van der Waals surface area contributed by atoms with Crippen molar-refractivity contribution in [1.29, 1.82) is 0 Å². The second kappa shape index (κ2) is 4.61. The minimum absolute atomic E-state index is 0.0217. The molecule has 0 aliphatic carbocycles. The van der Waals surface area contributed by atoms with E-state index in [0.29, 0.717) is 22.9 Å². The lowest BCUT2D eigenvalue weighted by Gasteiger charge is -2.34. The molecular weight excluding hydrogens is 254 g/mol. The number of ketones is 1. The number of carbonyl (C=O) groups excluding carboxylic acids is 2. The highest BCUT2D eigenvalue weighted by Gasteiger charge is 2.36. The summed E-state index contributed by atoms with van der Waals surface area (Å²) in [6.07, 6.45) is 0.223. The Bertz CT molecular complexity index is 515. The van der Waals surface area contributed by atoms with Crippen LogP contribution in [0.15, 0.2) is 18.2 Å². The SMILES string of the molecule is CC(=O)NCC1(C)CC(=O)c2cc(Cl)ccc2O1. The third-order valence-corrected chi connectivity index (χ3v) is 3.08. The standard InChI is InChI=1S/C13H14ClNO3/c1-8(16)15-7-13(2)6-11(17)10-5-9(14)3-4-12(10)18-13/h3-5H,6-7H2,1-2H3,(H,15,16). The lowest BCUT2D eigenvalue weighted by atomic mass is 9.91. The van der Waals surface area contributed by atoms with E-state index in [1.807, 2.05) is 0 Å². The van der Waals surface area contributed by atoms with Crippen LogP contribution in [0, 0.1) is 0 Å². The Morgan fingerprint density at radius 3 is 2.94 bits per heavy atom. The van der Waals surface area contributed by atoms with Gasteiger partial charge in [-0.25, -0.2) is 0 Å². The molecule has 1 aliphatic rings. The van der Waals surface area contributed by atoms with Crippen LogP contribution >= 0.6 is 11.6 Å². The van der Waals surface area contributed by atoms with Gasteiger partial charge in [0.15, 0.2) is 5.78 Å². The smallest absolute Gasteiger partial charge is 0.217 e. The van der Waals surface area contributed by atoms with Gasteiger partial charge in [-0.15, -0.1) is 0 Å². The average molecular weight is 268 g/mol. The Labute approximate surface area is 110 Å². The molecule has 2 rings (SSSR count). The maximum atomic E-state index is 12.0. The topological polar surface area (TPSA) is 55.4 Å². The summed E-state index contributed by atoms with van der Waals surface area (Å²) in [4.78, 5) is 23.0. The molecule has 1 unspecified atom stereocenters. The minimum atomic E-state index is -0.705. The third kappa shape index (κ3) is 2.64. The minimum Gasteiger partial charge on any atom is -0.484 e. The van der Waals surface area contributed by atoms with E-state index in [9.17, 15) is 9.59 Å². The first-order valence-electron chi connectivity index (χ1n) is 5.66. The number of benzene rings is 1. The maximum Gasteiger partial charge on any atom is 0.217 e. The second-order valence-corrected chi connectivity index (χ2v) is 5.14. The molecule has 1 heterocycles. The molecule has 1 atom stereocenters. The normalized spacial score (nSPS) is 22.1. The van der Waals surface area contributed by atoms with Crippen molar-refractivity contribution in [2.24, 2.45) is 0 Å². The van der Waals surface area contributed by atoms with E-state index in [0.717, 1.165) is 0 Å². The number of fused-ring (bicyclic) bond motifs is 1. The molecular formula is C13H14ClNO3. The van der Waals surface area contributed by atoms with Crippen molar-refractivity contribution in [3.05, 3.63) is 28.8 Å². The molecule has 0 radical (unpaired) electrons. The summed E-state index contributed by atoms with van der Waals surface area (Å²) in [5.74, 6) is 0.351. The Balaban J connectivity index is 2.24. The van der Waals surface area contributed by atoms with Gasteiger partial charge >= 0.3 is 0 Å². The molecule has 0 spiro atoms. The van der Waals surface area contributed by atoms with Crippen molar-refractivity contribution in [3.8, 4) is 5.75 Å². The summed E-state index contributed by atoms with van der Waals surface area (Å²) in [7, 11) is 0. The first-order valence-corrected chi connectivity index (χ1v) is 6.04. The van der Waals surface area contributed by atoms with E-state index in [2.05, 4.69) is 5.32 Å². The van der Waals surface area contributed by atoms with Gasteiger partial charge in [0.1, 0.15) is 11.4 Å². The van der Waals surface area contributed by atoms with E-state index >= 15 is 0 Å². The molecule has 0 aromatic heterocycles. The molecule has 0 fully saturated rings. The van der Waals surface area contributed by atoms with Crippen molar-refractivity contribution >= 4 is 23.3 Å².